The Kier molecular flexibility index (Phi) is 5.77. The zero-order valence-electron chi connectivity index (χ0n) is 16.1. The molecule has 0 saturated carbocycles. The summed E-state index contributed by atoms with van der Waals surface area (Å²) in [6.07, 6.45) is 8.37. The van der Waals surface area contributed by atoms with Gasteiger partial charge in [-0.25, -0.2) is 0 Å². The van der Waals surface area contributed by atoms with Crippen LogP contribution in [-0.4, -0.2) is 12.7 Å². The highest BCUT2D eigenvalue weighted by atomic mass is 32.1. The van der Waals surface area contributed by atoms with Crippen molar-refractivity contribution in [3.05, 3.63) is 87.6 Å². The number of amides is 1. The Hall–Kier alpha value is -3.31. The smallest absolute Gasteiger partial charge is 0.248 e. The molecule has 29 heavy (non-hydrogen) atoms. The predicted octanol–water partition coefficient (Wildman–Crippen LogP) is 5.69. The number of benzene rings is 2. The molecule has 0 aliphatic carbocycles. The fourth-order valence-electron chi connectivity index (χ4n) is 3.00. The van der Waals surface area contributed by atoms with Crippen LogP contribution in [0.2, 0.25) is 0 Å². The van der Waals surface area contributed by atoms with Crippen molar-refractivity contribution in [2.24, 2.45) is 0 Å². The molecule has 3 aromatic rings. The molecule has 1 aliphatic rings. The van der Waals surface area contributed by atoms with E-state index in [1.165, 1.54) is 15.8 Å². The molecule has 5 heteroatoms. The maximum absolute atomic E-state index is 12.3. The average Bonchev–Trinajstić information content (AvgIpc) is 3.35. The first-order valence-corrected chi connectivity index (χ1v) is 10.2. The van der Waals surface area contributed by atoms with Gasteiger partial charge in [-0.05, 0) is 73.0 Å². The van der Waals surface area contributed by atoms with Crippen LogP contribution in [0.15, 0.2) is 66.7 Å². The minimum atomic E-state index is -0.176. The molecule has 0 spiro atoms. The Balaban J connectivity index is 1.34. The lowest BCUT2D eigenvalue weighted by atomic mass is 10.1. The summed E-state index contributed by atoms with van der Waals surface area (Å²) in [7, 11) is 0. The number of anilines is 1. The number of nitrogens with one attached hydrogen (secondary N) is 1. The largest absolute Gasteiger partial charge is 0.454 e. The van der Waals surface area contributed by atoms with Gasteiger partial charge in [0.05, 0.1) is 0 Å². The van der Waals surface area contributed by atoms with Gasteiger partial charge in [0.1, 0.15) is 0 Å². The maximum atomic E-state index is 12.3. The van der Waals surface area contributed by atoms with Gasteiger partial charge in [0, 0.05) is 21.5 Å². The fourth-order valence-corrected chi connectivity index (χ4v) is 3.81. The number of fused-ring (bicyclic) bond motifs is 1. The standard InChI is InChI=1S/C24H21NO3S/c1-17-8-11-21(29-17)7-3-5-18-4-2-6-20(14-18)25-24(26)13-10-19-9-12-22-23(15-19)28-16-27-22/h2-4,6-15H,5,16H2,1H3,(H,25,26)/b7-3+,13-10+. The van der Waals surface area contributed by atoms with Crippen molar-refractivity contribution in [1.29, 1.82) is 0 Å². The Morgan fingerprint density at radius 2 is 1.97 bits per heavy atom. The molecule has 1 N–H and O–H groups in total. The molecule has 4 rings (SSSR count). The summed E-state index contributed by atoms with van der Waals surface area (Å²) in [4.78, 5) is 14.8. The van der Waals surface area contributed by atoms with Crippen molar-refractivity contribution in [2.75, 3.05) is 12.1 Å². The summed E-state index contributed by atoms with van der Waals surface area (Å²) in [5.74, 6) is 1.25. The topological polar surface area (TPSA) is 47.6 Å². The van der Waals surface area contributed by atoms with Gasteiger partial charge in [-0.15, -0.1) is 11.3 Å². The highest BCUT2D eigenvalue weighted by Gasteiger charge is 2.12. The molecule has 0 saturated heterocycles. The van der Waals surface area contributed by atoms with E-state index < -0.39 is 0 Å². The van der Waals surface area contributed by atoms with Crippen LogP contribution in [-0.2, 0) is 11.2 Å². The SMILES string of the molecule is Cc1ccc(/C=C/Cc2cccc(NC(=O)/C=C/c3ccc4c(c3)OCO4)c2)s1. The van der Waals surface area contributed by atoms with Crippen molar-refractivity contribution in [3.8, 4) is 11.5 Å². The Morgan fingerprint density at radius 1 is 1.07 bits per heavy atom. The Bertz CT molecular complexity index is 1080. The number of aryl methyl sites for hydroxylation is 1. The van der Waals surface area contributed by atoms with Crippen LogP contribution in [0, 0.1) is 6.92 Å². The summed E-state index contributed by atoms with van der Waals surface area (Å²) in [5.41, 5.74) is 2.81. The summed E-state index contributed by atoms with van der Waals surface area (Å²) >= 11 is 1.78. The first kappa shape index (κ1) is 19.0. The highest BCUT2D eigenvalue weighted by molar-refractivity contribution is 7.12. The third-order valence-corrected chi connectivity index (χ3v) is 5.38. The molecule has 146 valence electrons. The number of hydrogen-bond donors (Lipinski definition) is 1. The van der Waals surface area contributed by atoms with Crippen molar-refractivity contribution < 1.29 is 14.3 Å². The van der Waals surface area contributed by atoms with Crippen molar-refractivity contribution >= 4 is 35.1 Å². The molecule has 4 nitrogen and oxygen atoms in total. The van der Waals surface area contributed by atoms with E-state index in [2.05, 4.69) is 42.6 Å². The lowest BCUT2D eigenvalue weighted by molar-refractivity contribution is -0.111. The molecular formula is C24H21NO3S. The highest BCUT2D eigenvalue weighted by Crippen LogP contribution is 2.32. The number of ether oxygens (including phenoxy) is 2. The third-order valence-electron chi connectivity index (χ3n) is 4.42. The molecular weight excluding hydrogens is 382 g/mol. The van der Waals surface area contributed by atoms with Crippen LogP contribution < -0.4 is 14.8 Å². The lowest BCUT2D eigenvalue weighted by Crippen LogP contribution is -2.07. The van der Waals surface area contributed by atoms with E-state index in [0.29, 0.717) is 5.75 Å². The minimum Gasteiger partial charge on any atom is -0.454 e. The normalized spacial score (nSPS) is 12.7. The van der Waals surface area contributed by atoms with E-state index in [1.807, 2.05) is 36.4 Å². The first-order chi connectivity index (χ1) is 14.2. The second kappa shape index (κ2) is 8.80. The molecule has 0 unspecified atom stereocenters. The molecule has 2 heterocycles. The van der Waals surface area contributed by atoms with Gasteiger partial charge >= 0.3 is 0 Å². The fraction of sp³-hybridized carbons (Fsp3) is 0.125. The molecule has 0 bridgehead atoms. The number of thiophene rings is 1. The summed E-state index contributed by atoms with van der Waals surface area (Å²) in [6.45, 7) is 2.34. The zero-order chi connectivity index (χ0) is 20.1. The number of carbonyl (C=O) groups excluding carboxylic acids is 1. The molecule has 0 fully saturated rings. The molecule has 0 radical (unpaired) electrons. The predicted molar refractivity (Wildman–Crippen MR) is 118 cm³/mol. The van der Waals surface area contributed by atoms with E-state index >= 15 is 0 Å². The van der Waals surface area contributed by atoms with E-state index in [0.717, 1.165) is 29.0 Å². The molecule has 1 amide bonds. The average molecular weight is 404 g/mol. The van der Waals surface area contributed by atoms with E-state index in [4.69, 9.17) is 9.47 Å². The molecule has 1 aliphatic heterocycles. The maximum Gasteiger partial charge on any atom is 0.248 e. The van der Waals surface area contributed by atoms with Crippen molar-refractivity contribution in [3.63, 3.8) is 0 Å². The van der Waals surface area contributed by atoms with Gasteiger partial charge < -0.3 is 14.8 Å². The van der Waals surface area contributed by atoms with Gasteiger partial charge in [0.15, 0.2) is 11.5 Å². The van der Waals surface area contributed by atoms with Gasteiger partial charge in [-0.1, -0.05) is 24.3 Å². The molecule has 0 atom stereocenters. The number of allylic oxidation sites excluding steroid dienone is 1. The number of rotatable bonds is 6. The van der Waals surface area contributed by atoms with Crippen LogP contribution in [0.3, 0.4) is 0 Å². The van der Waals surface area contributed by atoms with Gasteiger partial charge in [0.25, 0.3) is 0 Å². The van der Waals surface area contributed by atoms with Gasteiger partial charge in [-0.2, -0.15) is 0 Å². The van der Waals surface area contributed by atoms with Crippen LogP contribution in [0.4, 0.5) is 5.69 Å². The van der Waals surface area contributed by atoms with Crippen molar-refractivity contribution in [2.45, 2.75) is 13.3 Å². The van der Waals surface area contributed by atoms with E-state index in [9.17, 15) is 4.79 Å². The first-order valence-electron chi connectivity index (χ1n) is 9.36. The van der Waals surface area contributed by atoms with Gasteiger partial charge in [0.2, 0.25) is 12.7 Å². The van der Waals surface area contributed by atoms with Gasteiger partial charge in [-0.3, -0.25) is 4.79 Å². The zero-order valence-corrected chi connectivity index (χ0v) is 16.9. The molecule has 1 aromatic heterocycles. The second-order valence-corrected chi connectivity index (χ2v) is 8.01. The monoisotopic (exact) mass is 403 g/mol. The van der Waals surface area contributed by atoms with Crippen LogP contribution in [0.5, 0.6) is 11.5 Å². The summed E-state index contributed by atoms with van der Waals surface area (Å²) < 4.78 is 10.6. The summed E-state index contributed by atoms with van der Waals surface area (Å²) in [6, 6.07) is 17.7. The van der Waals surface area contributed by atoms with E-state index in [1.54, 1.807) is 17.4 Å². The minimum absolute atomic E-state index is 0.176. The Morgan fingerprint density at radius 3 is 2.83 bits per heavy atom. The summed E-state index contributed by atoms with van der Waals surface area (Å²) in [5, 5.41) is 2.91. The second-order valence-electron chi connectivity index (χ2n) is 6.69. The quantitative estimate of drug-likeness (QED) is 0.538. The van der Waals surface area contributed by atoms with Crippen LogP contribution >= 0.6 is 11.3 Å². The van der Waals surface area contributed by atoms with E-state index in [-0.39, 0.29) is 12.7 Å². The van der Waals surface area contributed by atoms with Crippen LogP contribution in [0.25, 0.3) is 12.2 Å². The van der Waals surface area contributed by atoms with Crippen LogP contribution in [0.1, 0.15) is 20.9 Å². The molecule has 2 aromatic carbocycles. The van der Waals surface area contributed by atoms with Crippen molar-refractivity contribution in [1.82, 2.24) is 0 Å². The Labute approximate surface area is 174 Å². The number of hydrogen-bond acceptors (Lipinski definition) is 4. The lowest BCUT2D eigenvalue weighted by Gasteiger charge is -2.04. The third kappa shape index (κ3) is 5.15. The number of carbonyl (C=O) groups is 1.